The Morgan fingerprint density at radius 3 is 2.76 bits per heavy atom. The van der Waals surface area contributed by atoms with Crippen LogP contribution in [0.2, 0.25) is 0 Å². The van der Waals surface area contributed by atoms with Crippen LogP contribution in [-0.4, -0.2) is 22.5 Å². The molecule has 2 aliphatic heterocycles. The van der Waals surface area contributed by atoms with Gasteiger partial charge in [-0.15, -0.1) is 0 Å². The Labute approximate surface area is 145 Å². The van der Waals surface area contributed by atoms with Crippen LogP contribution in [0.25, 0.3) is 11.1 Å². The van der Waals surface area contributed by atoms with Gasteiger partial charge in [0.25, 0.3) is 0 Å². The van der Waals surface area contributed by atoms with Gasteiger partial charge in [-0.25, -0.2) is 5.43 Å². The first kappa shape index (κ1) is 15.5. The number of aromatic nitrogens is 1. The highest BCUT2D eigenvalue weighted by molar-refractivity contribution is 6.08. The van der Waals surface area contributed by atoms with Gasteiger partial charge in [0.05, 0.1) is 11.4 Å². The summed E-state index contributed by atoms with van der Waals surface area (Å²) in [6, 6.07) is 7.94. The molecule has 126 valence electrons. The number of hydrazone groups is 1. The molecule has 1 unspecified atom stereocenters. The summed E-state index contributed by atoms with van der Waals surface area (Å²) in [4.78, 5) is 27.6. The number of anilines is 1. The zero-order chi connectivity index (χ0) is 17.4. The van der Waals surface area contributed by atoms with Gasteiger partial charge >= 0.3 is 0 Å². The molecule has 0 spiro atoms. The second kappa shape index (κ2) is 6.12. The lowest BCUT2D eigenvalue weighted by atomic mass is 9.87. The number of hydrogen-bond acceptors (Lipinski definition) is 4. The van der Waals surface area contributed by atoms with E-state index in [-0.39, 0.29) is 17.7 Å². The SMILES string of the molecule is CC1CC(=O)NN=C1c1cc2c(c(-c3cccnc3)c1)NC(=O)CC2. The molecule has 2 N–H and O–H groups in total. The lowest BCUT2D eigenvalue weighted by Crippen LogP contribution is -2.32. The number of rotatable bonds is 2. The zero-order valence-electron chi connectivity index (χ0n) is 13.9. The van der Waals surface area contributed by atoms with E-state index >= 15 is 0 Å². The van der Waals surface area contributed by atoms with Crippen molar-refractivity contribution in [2.75, 3.05) is 5.32 Å². The number of nitrogens with zero attached hydrogens (tertiary/aromatic N) is 2. The molecule has 2 aromatic rings. The fourth-order valence-corrected chi connectivity index (χ4v) is 3.40. The van der Waals surface area contributed by atoms with E-state index in [4.69, 9.17) is 0 Å². The topological polar surface area (TPSA) is 83.4 Å². The van der Waals surface area contributed by atoms with E-state index in [2.05, 4.69) is 26.9 Å². The standard InChI is InChI=1S/C19H18N4O2/c1-11-7-17(25)22-23-18(11)14-8-12-4-5-16(24)21-19(12)15(9-14)13-3-2-6-20-10-13/h2-3,6,8-11H,4-5,7H2,1H3,(H,21,24)(H,22,25). The molecule has 0 bridgehead atoms. The number of carbonyl (C=O) groups excluding carboxylic acids is 2. The summed E-state index contributed by atoms with van der Waals surface area (Å²) >= 11 is 0. The Bertz CT molecular complexity index is 890. The third-order valence-corrected chi connectivity index (χ3v) is 4.63. The summed E-state index contributed by atoms with van der Waals surface area (Å²) in [5, 5.41) is 7.27. The molecule has 1 atom stereocenters. The minimum Gasteiger partial charge on any atom is -0.325 e. The van der Waals surface area contributed by atoms with Gasteiger partial charge in [-0.2, -0.15) is 5.10 Å². The Balaban J connectivity index is 1.88. The molecule has 0 fully saturated rings. The van der Waals surface area contributed by atoms with E-state index < -0.39 is 0 Å². The Morgan fingerprint density at radius 2 is 2.00 bits per heavy atom. The molecule has 0 aliphatic carbocycles. The molecule has 6 heteroatoms. The van der Waals surface area contributed by atoms with Crippen molar-refractivity contribution in [2.45, 2.75) is 26.2 Å². The lowest BCUT2D eigenvalue weighted by molar-refractivity contribution is -0.122. The maximum absolute atomic E-state index is 11.9. The van der Waals surface area contributed by atoms with Crippen molar-refractivity contribution in [1.82, 2.24) is 10.4 Å². The predicted octanol–water partition coefficient (Wildman–Crippen LogP) is 2.49. The Kier molecular flexibility index (Phi) is 3.80. The molecule has 0 saturated heterocycles. The van der Waals surface area contributed by atoms with Gasteiger partial charge in [-0.05, 0) is 35.7 Å². The molecule has 4 rings (SSSR count). The maximum Gasteiger partial charge on any atom is 0.240 e. The van der Waals surface area contributed by atoms with Crippen molar-refractivity contribution >= 4 is 23.2 Å². The highest BCUT2D eigenvalue weighted by Gasteiger charge is 2.25. The summed E-state index contributed by atoms with van der Waals surface area (Å²) in [6.45, 7) is 2.00. The molecular weight excluding hydrogens is 316 g/mol. The predicted molar refractivity (Wildman–Crippen MR) is 95.1 cm³/mol. The van der Waals surface area contributed by atoms with Crippen LogP contribution < -0.4 is 10.7 Å². The number of pyridine rings is 1. The second-order valence-electron chi connectivity index (χ2n) is 6.49. The minimum atomic E-state index is -0.0612. The average Bonchev–Trinajstić information content (AvgIpc) is 2.62. The van der Waals surface area contributed by atoms with E-state index in [9.17, 15) is 9.59 Å². The van der Waals surface area contributed by atoms with Gasteiger partial charge in [0.15, 0.2) is 0 Å². The maximum atomic E-state index is 11.9. The average molecular weight is 334 g/mol. The van der Waals surface area contributed by atoms with Crippen LogP contribution in [0.3, 0.4) is 0 Å². The molecule has 6 nitrogen and oxygen atoms in total. The number of nitrogens with one attached hydrogen (secondary N) is 2. The molecule has 1 aromatic heterocycles. The van der Waals surface area contributed by atoms with Crippen molar-refractivity contribution in [2.24, 2.45) is 11.0 Å². The van der Waals surface area contributed by atoms with Crippen LogP contribution in [0.15, 0.2) is 41.8 Å². The van der Waals surface area contributed by atoms with Crippen molar-refractivity contribution in [3.8, 4) is 11.1 Å². The van der Waals surface area contributed by atoms with Crippen LogP contribution in [0.4, 0.5) is 5.69 Å². The third kappa shape index (κ3) is 2.91. The van der Waals surface area contributed by atoms with Crippen molar-refractivity contribution in [3.63, 3.8) is 0 Å². The molecule has 0 radical (unpaired) electrons. The summed E-state index contributed by atoms with van der Waals surface area (Å²) in [7, 11) is 0. The van der Waals surface area contributed by atoms with Crippen LogP contribution in [0.1, 0.15) is 30.9 Å². The van der Waals surface area contributed by atoms with Gasteiger partial charge in [0.2, 0.25) is 11.8 Å². The van der Waals surface area contributed by atoms with E-state index in [0.717, 1.165) is 33.7 Å². The fraction of sp³-hybridized carbons (Fsp3) is 0.263. The summed E-state index contributed by atoms with van der Waals surface area (Å²) < 4.78 is 0. The summed E-state index contributed by atoms with van der Waals surface area (Å²) in [5.74, 6) is 0.0155. The first-order valence-corrected chi connectivity index (χ1v) is 8.36. The molecule has 25 heavy (non-hydrogen) atoms. The zero-order valence-corrected chi connectivity index (χ0v) is 13.9. The van der Waals surface area contributed by atoms with Crippen LogP contribution >= 0.6 is 0 Å². The van der Waals surface area contributed by atoms with E-state index in [1.165, 1.54) is 0 Å². The number of carbonyl (C=O) groups is 2. The lowest BCUT2D eigenvalue weighted by Gasteiger charge is -2.24. The quantitative estimate of drug-likeness (QED) is 0.885. The van der Waals surface area contributed by atoms with Crippen LogP contribution in [0.5, 0.6) is 0 Å². The van der Waals surface area contributed by atoms with E-state index in [0.29, 0.717) is 19.3 Å². The van der Waals surface area contributed by atoms with E-state index in [1.807, 2.05) is 25.1 Å². The van der Waals surface area contributed by atoms with Crippen LogP contribution in [0, 0.1) is 5.92 Å². The molecule has 2 aliphatic rings. The molecule has 0 saturated carbocycles. The highest BCUT2D eigenvalue weighted by atomic mass is 16.2. The number of fused-ring (bicyclic) bond motifs is 1. The first-order valence-electron chi connectivity index (χ1n) is 8.36. The van der Waals surface area contributed by atoms with Crippen LogP contribution in [-0.2, 0) is 16.0 Å². The Morgan fingerprint density at radius 1 is 1.12 bits per heavy atom. The largest absolute Gasteiger partial charge is 0.325 e. The summed E-state index contributed by atoms with van der Waals surface area (Å²) in [5.41, 5.74) is 8.22. The monoisotopic (exact) mass is 334 g/mol. The first-order chi connectivity index (χ1) is 12.1. The molecule has 2 amide bonds. The van der Waals surface area contributed by atoms with Gasteiger partial charge in [0, 0.05) is 42.3 Å². The third-order valence-electron chi connectivity index (χ3n) is 4.63. The van der Waals surface area contributed by atoms with Gasteiger partial charge in [-0.1, -0.05) is 13.0 Å². The normalized spacial score (nSPS) is 19.6. The van der Waals surface area contributed by atoms with Crippen molar-refractivity contribution < 1.29 is 9.59 Å². The molecule has 3 heterocycles. The number of amides is 2. The van der Waals surface area contributed by atoms with Crippen molar-refractivity contribution in [1.29, 1.82) is 0 Å². The van der Waals surface area contributed by atoms with Crippen molar-refractivity contribution in [3.05, 3.63) is 47.8 Å². The molecular formula is C19H18N4O2. The number of aryl methyl sites for hydroxylation is 1. The fourth-order valence-electron chi connectivity index (χ4n) is 3.40. The van der Waals surface area contributed by atoms with Gasteiger partial charge in [0.1, 0.15) is 0 Å². The molecule has 1 aromatic carbocycles. The summed E-state index contributed by atoms with van der Waals surface area (Å²) in [6.07, 6.45) is 5.10. The number of benzene rings is 1. The van der Waals surface area contributed by atoms with Gasteiger partial charge < -0.3 is 5.32 Å². The smallest absolute Gasteiger partial charge is 0.240 e. The van der Waals surface area contributed by atoms with E-state index in [1.54, 1.807) is 12.4 Å². The second-order valence-corrected chi connectivity index (χ2v) is 6.49. The highest BCUT2D eigenvalue weighted by Crippen LogP contribution is 2.36. The minimum absolute atomic E-state index is 0.0287. The Hall–Kier alpha value is -3.02. The number of hydrogen-bond donors (Lipinski definition) is 2. The van der Waals surface area contributed by atoms with Gasteiger partial charge in [-0.3, -0.25) is 14.6 Å².